The molecule has 0 fully saturated rings. The highest BCUT2D eigenvalue weighted by molar-refractivity contribution is 7.12. The summed E-state index contributed by atoms with van der Waals surface area (Å²) < 4.78 is 0. The van der Waals surface area contributed by atoms with Crippen molar-refractivity contribution in [2.75, 3.05) is 7.05 Å². The minimum atomic E-state index is 0.394. The zero-order valence-corrected chi connectivity index (χ0v) is 12.1. The van der Waals surface area contributed by atoms with Crippen LogP contribution >= 0.6 is 22.7 Å². The van der Waals surface area contributed by atoms with Crippen molar-refractivity contribution in [3.05, 3.63) is 38.0 Å². The van der Waals surface area contributed by atoms with Crippen LogP contribution in [0.25, 0.3) is 0 Å². The first kappa shape index (κ1) is 12.7. The molecule has 0 aliphatic carbocycles. The van der Waals surface area contributed by atoms with Crippen LogP contribution in [0, 0.1) is 6.92 Å². The fourth-order valence-corrected chi connectivity index (χ4v) is 3.67. The van der Waals surface area contributed by atoms with E-state index in [4.69, 9.17) is 0 Å². The molecule has 92 valence electrons. The minimum absolute atomic E-state index is 0.394. The highest BCUT2D eigenvalue weighted by atomic mass is 32.1. The lowest BCUT2D eigenvalue weighted by Crippen LogP contribution is -2.17. The van der Waals surface area contributed by atoms with E-state index in [1.807, 2.05) is 18.4 Å². The third-order valence-electron chi connectivity index (χ3n) is 2.77. The highest BCUT2D eigenvalue weighted by Gasteiger charge is 2.14. The topological polar surface area (TPSA) is 24.9 Å². The number of aryl methyl sites for hydroxylation is 2. The largest absolute Gasteiger partial charge is 0.312 e. The molecule has 1 unspecified atom stereocenters. The first-order valence-corrected chi connectivity index (χ1v) is 7.59. The summed E-state index contributed by atoms with van der Waals surface area (Å²) >= 11 is 3.66. The van der Waals surface area contributed by atoms with Gasteiger partial charge in [0.05, 0.1) is 5.01 Å². The molecule has 2 nitrogen and oxygen atoms in total. The maximum absolute atomic E-state index is 4.53. The van der Waals surface area contributed by atoms with Crippen molar-refractivity contribution in [3.8, 4) is 0 Å². The van der Waals surface area contributed by atoms with E-state index in [2.05, 4.69) is 41.7 Å². The Bertz CT molecular complexity index is 473. The summed E-state index contributed by atoms with van der Waals surface area (Å²) in [5.74, 6) is 0. The quantitative estimate of drug-likeness (QED) is 0.895. The molecular weight excluding hydrogens is 248 g/mol. The fraction of sp³-hybridized carbons (Fsp3) is 0.462. The molecule has 2 heterocycles. The van der Waals surface area contributed by atoms with Gasteiger partial charge in [-0.25, -0.2) is 4.98 Å². The molecule has 0 spiro atoms. The van der Waals surface area contributed by atoms with Gasteiger partial charge in [0.1, 0.15) is 0 Å². The molecule has 1 N–H and O–H groups in total. The van der Waals surface area contributed by atoms with Crippen molar-refractivity contribution in [1.82, 2.24) is 10.3 Å². The number of hydrogen-bond donors (Lipinski definition) is 1. The summed E-state index contributed by atoms with van der Waals surface area (Å²) in [6, 6.07) is 4.87. The summed E-state index contributed by atoms with van der Waals surface area (Å²) in [5, 5.41) is 6.73. The first-order valence-electron chi connectivity index (χ1n) is 5.89. The Morgan fingerprint density at radius 2 is 2.24 bits per heavy atom. The predicted molar refractivity (Wildman–Crippen MR) is 76.1 cm³/mol. The molecule has 0 saturated carbocycles. The standard InChI is InChI=1S/C13H18N2S2/c1-4-10-5-6-12(17-10)11(14-3)7-13-15-9(2)8-16-13/h5-6,8,11,14H,4,7H2,1-3H3. The van der Waals surface area contributed by atoms with Gasteiger partial charge < -0.3 is 5.32 Å². The van der Waals surface area contributed by atoms with Gasteiger partial charge in [-0.05, 0) is 32.5 Å². The van der Waals surface area contributed by atoms with Gasteiger partial charge in [-0.15, -0.1) is 22.7 Å². The minimum Gasteiger partial charge on any atom is -0.312 e. The lowest BCUT2D eigenvalue weighted by Gasteiger charge is -2.12. The Hall–Kier alpha value is -0.710. The summed E-state index contributed by atoms with van der Waals surface area (Å²) in [6.07, 6.45) is 2.11. The number of thiophene rings is 1. The molecule has 0 amide bonds. The van der Waals surface area contributed by atoms with E-state index in [1.54, 1.807) is 11.3 Å². The molecular formula is C13H18N2S2. The molecule has 0 bridgehead atoms. The van der Waals surface area contributed by atoms with Crippen LogP contribution in [0.1, 0.15) is 33.4 Å². The van der Waals surface area contributed by atoms with E-state index in [9.17, 15) is 0 Å². The SMILES string of the molecule is CCc1ccc(C(Cc2nc(C)cs2)NC)s1. The smallest absolute Gasteiger partial charge is 0.0947 e. The van der Waals surface area contributed by atoms with E-state index in [0.29, 0.717) is 6.04 Å². The first-order chi connectivity index (χ1) is 8.22. The number of hydrogen-bond acceptors (Lipinski definition) is 4. The van der Waals surface area contributed by atoms with E-state index in [-0.39, 0.29) is 0 Å². The number of likely N-dealkylation sites (N-methyl/N-ethyl adjacent to an activating group) is 1. The van der Waals surface area contributed by atoms with Crippen LogP contribution in [-0.4, -0.2) is 12.0 Å². The average molecular weight is 266 g/mol. The normalized spacial score (nSPS) is 12.9. The molecule has 2 aromatic rings. The van der Waals surface area contributed by atoms with Gasteiger partial charge in [0, 0.05) is 33.3 Å². The summed E-state index contributed by atoms with van der Waals surface area (Å²) in [7, 11) is 2.02. The van der Waals surface area contributed by atoms with Gasteiger partial charge in [-0.2, -0.15) is 0 Å². The zero-order chi connectivity index (χ0) is 12.3. The van der Waals surface area contributed by atoms with Crippen molar-refractivity contribution in [2.24, 2.45) is 0 Å². The molecule has 0 aliphatic rings. The lowest BCUT2D eigenvalue weighted by atomic mass is 10.2. The molecule has 0 radical (unpaired) electrons. The Balaban J connectivity index is 2.10. The molecule has 1 atom stereocenters. The highest BCUT2D eigenvalue weighted by Crippen LogP contribution is 2.27. The Morgan fingerprint density at radius 1 is 1.41 bits per heavy atom. The van der Waals surface area contributed by atoms with Gasteiger partial charge in [0.15, 0.2) is 0 Å². The van der Waals surface area contributed by atoms with E-state index < -0.39 is 0 Å². The summed E-state index contributed by atoms with van der Waals surface area (Å²) in [4.78, 5) is 7.40. The van der Waals surface area contributed by atoms with E-state index >= 15 is 0 Å². The number of thiazole rings is 1. The number of nitrogens with zero attached hydrogens (tertiary/aromatic N) is 1. The lowest BCUT2D eigenvalue weighted by molar-refractivity contribution is 0.600. The van der Waals surface area contributed by atoms with Crippen LogP contribution in [0.2, 0.25) is 0 Å². The maximum Gasteiger partial charge on any atom is 0.0947 e. The Labute approximate surface area is 111 Å². The van der Waals surface area contributed by atoms with Gasteiger partial charge >= 0.3 is 0 Å². The van der Waals surface area contributed by atoms with E-state index in [1.165, 1.54) is 14.8 Å². The van der Waals surface area contributed by atoms with Crippen LogP contribution in [0.15, 0.2) is 17.5 Å². The number of nitrogens with one attached hydrogen (secondary N) is 1. The second kappa shape index (κ2) is 5.76. The zero-order valence-electron chi connectivity index (χ0n) is 10.5. The van der Waals surface area contributed by atoms with Crippen LogP contribution in [-0.2, 0) is 12.8 Å². The van der Waals surface area contributed by atoms with Gasteiger partial charge in [-0.3, -0.25) is 0 Å². The molecule has 4 heteroatoms. The van der Waals surface area contributed by atoms with Crippen molar-refractivity contribution in [1.29, 1.82) is 0 Å². The molecule has 2 rings (SSSR count). The van der Waals surface area contributed by atoms with Crippen LogP contribution in [0.5, 0.6) is 0 Å². The van der Waals surface area contributed by atoms with Crippen LogP contribution < -0.4 is 5.32 Å². The molecule has 0 aromatic carbocycles. The van der Waals surface area contributed by atoms with Crippen molar-refractivity contribution < 1.29 is 0 Å². The van der Waals surface area contributed by atoms with Gasteiger partial charge in [0.25, 0.3) is 0 Å². The van der Waals surface area contributed by atoms with Crippen molar-refractivity contribution in [2.45, 2.75) is 32.7 Å². The number of rotatable bonds is 5. The average Bonchev–Trinajstić information content (AvgIpc) is 2.94. The van der Waals surface area contributed by atoms with Crippen LogP contribution in [0.3, 0.4) is 0 Å². The second-order valence-corrected chi connectivity index (χ2v) is 6.23. The van der Waals surface area contributed by atoms with Gasteiger partial charge in [-0.1, -0.05) is 6.92 Å². The van der Waals surface area contributed by atoms with Crippen LogP contribution in [0.4, 0.5) is 0 Å². The summed E-state index contributed by atoms with van der Waals surface area (Å²) in [5.41, 5.74) is 1.13. The van der Waals surface area contributed by atoms with Crippen molar-refractivity contribution >= 4 is 22.7 Å². The third kappa shape index (κ3) is 3.15. The third-order valence-corrected chi connectivity index (χ3v) is 5.10. The summed E-state index contributed by atoms with van der Waals surface area (Å²) in [6.45, 7) is 4.25. The second-order valence-electron chi connectivity index (χ2n) is 4.09. The molecule has 2 aromatic heterocycles. The predicted octanol–water partition coefficient (Wildman–Crippen LogP) is 3.58. The monoisotopic (exact) mass is 266 g/mol. The molecule has 17 heavy (non-hydrogen) atoms. The molecule has 0 saturated heterocycles. The van der Waals surface area contributed by atoms with Gasteiger partial charge in [0.2, 0.25) is 0 Å². The maximum atomic E-state index is 4.53. The Morgan fingerprint density at radius 3 is 2.76 bits per heavy atom. The molecule has 0 aliphatic heterocycles. The number of aromatic nitrogens is 1. The fourth-order valence-electron chi connectivity index (χ4n) is 1.79. The van der Waals surface area contributed by atoms with Crippen molar-refractivity contribution in [3.63, 3.8) is 0 Å². The van der Waals surface area contributed by atoms with E-state index in [0.717, 1.165) is 18.5 Å². The Kier molecular flexibility index (Phi) is 4.31.